The molecule has 2 atom stereocenters. The molecule has 2 rings (SSSR count). The molecule has 5 heteroatoms. The lowest BCUT2D eigenvalue weighted by Crippen LogP contribution is -2.41. The highest BCUT2D eigenvalue weighted by Crippen LogP contribution is 2.23. The zero-order chi connectivity index (χ0) is 13.0. The molecule has 1 aromatic heterocycles. The number of oxazole rings is 1. The third-order valence-corrected chi connectivity index (χ3v) is 3.54. The predicted octanol–water partition coefficient (Wildman–Crippen LogP) is 1.70. The Kier molecular flexibility index (Phi) is 4.36. The molecular formula is C13H21N3O2. The van der Waals surface area contributed by atoms with E-state index in [9.17, 15) is 4.79 Å². The maximum Gasteiger partial charge on any atom is 0.273 e. The van der Waals surface area contributed by atoms with Crippen molar-refractivity contribution in [2.75, 3.05) is 7.05 Å². The van der Waals surface area contributed by atoms with Crippen LogP contribution in [0.4, 0.5) is 0 Å². The third-order valence-electron chi connectivity index (χ3n) is 3.54. The van der Waals surface area contributed by atoms with Gasteiger partial charge in [-0.15, -0.1) is 0 Å². The molecule has 1 fully saturated rings. The number of hydrogen-bond donors (Lipinski definition) is 2. The van der Waals surface area contributed by atoms with Crippen molar-refractivity contribution >= 4 is 5.91 Å². The first kappa shape index (κ1) is 13.1. The number of hydrogen-bond acceptors (Lipinski definition) is 4. The Bertz CT molecular complexity index is 403. The Morgan fingerprint density at radius 3 is 3.00 bits per heavy atom. The second kappa shape index (κ2) is 6.00. The zero-order valence-electron chi connectivity index (χ0n) is 11.0. The summed E-state index contributed by atoms with van der Waals surface area (Å²) in [5.74, 6) is 0.963. The number of amides is 1. The highest BCUT2D eigenvalue weighted by atomic mass is 16.3. The molecule has 100 valence electrons. The van der Waals surface area contributed by atoms with E-state index in [1.54, 1.807) is 0 Å². The molecule has 0 saturated heterocycles. The first-order chi connectivity index (χ1) is 8.70. The zero-order valence-corrected chi connectivity index (χ0v) is 11.0. The molecule has 0 aromatic carbocycles. The molecule has 1 heterocycles. The van der Waals surface area contributed by atoms with Crippen LogP contribution in [0.3, 0.4) is 0 Å². The summed E-state index contributed by atoms with van der Waals surface area (Å²) in [6.07, 6.45) is 6.14. The fourth-order valence-corrected chi connectivity index (χ4v) is 2.42. The van der Waals surface area contributed by atoms with Crippen molar-refractivity contribution in [3.05, 3.63) is 17.8 Å². The minimum absolute atomic E-state index is 0.125. The lowest BCUT2D eigenvalue weighted by molar-refractivity contribution is 0.0905. The van der Waals surface area contributed by atoms with Crippen molar-refractivity contribution < 1.29 is 9.21 Å². The van der Waals surface area contributed by atoms with Gasteiger partial charge in [0.05, 0.1) is 6.54 Å². The maximum absolute atomic E-state index is 12.0. The van der Waals surface area contributed by atoms with E-state index in [4.69, 9.17) is 4.42 Å². The molecule has 0 aliphatic heterocycles. The van der Waals surface area contributed by atoms with Crippen molar-refractivity contribution in [2.24, 2.45) is 5.92 Å². The SMILES string of the molecule is CNCc1nc(C(=O)NC2CCCCC2C)co1. The molecule has 2 N–H and O–H groups in total. The summed E-state index contributed by atoms with van der Waals surface area (Å²) in [6.45, 7) is 2.73. The molecule has 1 aliphatic carbocycles. The number of aromatic nitrogens is 1. The quantitative estimate of drug-likeness (QED) is 0.854. The first-order valence-electron chi connectivity index (χ1n) is 6.60. The van der Waals surface area contributed by atoms with E-state index >= 15 is 0 Å². The van der Waals surface area contributed by atoms with Gasteiger partial charge in [-0.05, 0) is 25.8 Å². The lowest BCUT2D eigenvalue weighted by Gasteiger charge is -2.29. The van der Waals surface area contributed by atoms with Gasteiger partial charge in [-0.25, -0.2) is 4.98 Å². The molecule has 1 aliphatic rings. The Labute approximate surface area is 107 Å². The van der Waals surface area contributed by atoms with Crippen LogP contribution in [0.1, 0.15) is 49.0 Å². The number of carbonyl (C=O) groups is 1. The van der Waals surface area contributed by atoms with Gasteiger partial charge in [0.2, 0.25) is 5.89 Å². The van der Waals surface area contributed by atoms with Gasteiger partial charge in [-0.3, -0.25) is 4.79 Å². The van der Waals surface area contributed by atoms with E-state index < -0.39 is 0 Å². The largest absolute Gasteiger partial charge is 0.447 e. The summed E-state index contributed by atoms with van der Waals surface area (Å²) < 4.78 is 5.21. The first-order valence-corrected chi connectivity index (χ1v) is 6.60. The van der Waals surface area contributed by atoms with Crippen LogP contribution in [-0.4, -0.2) is 24.0 Å². The molecule has 2 unspecified atom stereocenters. The van der Waals surface area contributed by atoms with Gasteiger partial charge in [-0.2, -0.15) is 0 Å². The highest BCUT2D eigenvalue weighted by Gasteiger charge is 2.24. The van der Waals surface area contributed by atoms with Crippen LogP contribution in [-0.2, 0) is 6.54 Å². The van der Waals surface area contributed by atoms with E-state index in [1.165, 1.54) is 25.5 Å². The van der Waals surface area contributed by atoms with Crippen LogP contribution in [0.15, 0.2) is 10.7 Å². The average Bonchev–Trinajstić information content (AvgIpc) is 2.81. The molecule has 18 heavy (non-hydrogen) atoms. The monoisotopic (exact) mass is 251 g/mol. The molecule has 0 spiro atoms. The summed E-state index contributed by atoms with van der Waals surface area (Å²) >= 11 is 0. The van der Waals surface area contributed by atoms with Crippen LogP contribution in [0.5, 0.6) is 0 Å². The molecule has 1 amide bonds. The van der Waals surface area contributed by atoms with Gasteiger partial charge in [0.25, 0.3) is 5.91 Å². The highest BCUT2D eigenvalue weighted by molar-refractivity contribution is 5.92. The van der Waals surface area contributed by atoms with Crippen molar-refractivity contribution in [3.63, 3.8) is 0 Å². The standard InChI is InChI=1S/C13H21N3O2/c1-9-5-3-4-6-10(9)16-13(17)11-8-18-12(15-11)7-14-2/h8-10,14H,3-7H2,1-2H3,(H,16,17). The number of nitrogens with one attached hydrogen (secondary N) is 2. The summed E-state index contributed by atoms with van der Waals surface area (Å²) in [4.78, 5) is 16.2. The Balaban J connectivity index is 1.93. The second-order valence-electron chi connectivity index (χ2n) is 5.00. The molecular weight excluding hydrogens is 230 g/mol. The predicted molar refractivity (Wildman–Crippen MR) is 68.2 cm³/mol. The van der Waals surface area contributed by atoms with Crippen LogP contribution in [0.2, 0.25) is 0 Å². The Morgan fingerprint density at radius 1 is 1.50 bits per heavy atom. The maximum atomic E-state index is 12.0. The smallest absolute Gasteiger partial charge is 0.273 e. The minimum Gasteiger partial charge on any atom is -0.447 e. The van der Waals surface area contributed by atoms with Gasteiger partial charge in [0.15, 0.2) is 5.69 Å². The number of carbonyl (C=O) groups excluding carboxylic acids is 1. The minimum atomic E-state index is -0.125. The summed E-state index contributed by atoms with van der Waals surface area (Å²) in [5.41, 5.74) is 0.373. The topological polar surface area (TPSA) is 67.2 Å². The number of nitrogens with zero attached hydrogens (tertiary/aromatic N) is 1. The third kappa shape index (κ3) is 3.10. The fraction of sp³-hybridized carbons (Fsp3) is 0.692. The van der Waals surface area contributed by atoms with Gasteiger partial charge in [-0.1, -0.05) is 19.8 Å². The van der Waals surface area contributed by atoms with Crippen LogP contribution < -0.4 is 10.6 Å². The van der Waals surface area contributed by atoms with Crippen molar-refractivity contribution in [1.29, 1.82) is 0 Å². The van der Waals surface area contributed by atoms with E-state index in [2.05, 4.69) is 22.5 Å². The van der Waals surface area contributed by atoms with E-state index in [0.29, 0.717) is 24.0 Å². The van der Waals surface area contributed by atoms with E-state index in [0.717, 1.165) is 6.42 Å². The Morgan fingerprint density at radius 2 is 2.28 bits per heavy atom. The van der Waals surface area contributed by atoms with Gasteiger partial charge < -0.3 is 15.1 Å². The lowest BCUT2D eigenvalue weighted by atomic mass is 9.86. The van der Waals surface area contributed by atoms with Crippen LogP contribution >= 0.6 is 0 Å². The normalized spacial score (nSPS) is 23.9. The van der Waals surface area contributed by atoms with Crippen molar-refractivity contribution in [1.82, 2.24) is 15.6 Å². The molecule has 5 nitrogen and oxygen atoms in total. The number of rotatable bonds is 4. The summed E-state index contributed by atoms with van der Waals surface area (Å²) in [7, 11) is 1.81. The Hall–Kier alpha value is -1.36. The molecule has 1 aromatic rings. The average molecular weight is 251 g/mol. The fourth-order valence-electron chi connectivity index (χ4n) is 2.42. The van der Waals surface area contributed by atoms with Crippen molar-refractivity contribution in [3.8, 4) is 0 Å². The summed E-state index contributed by atoms with van der Waals surface area (Å²) in [5, 5.41) is 6.00. The van der Waals surface area contributed by atoms with Gasteiger partial charge in [0, 0.05) is 6.04 Å². The van der Waals surface area contributed by atoms with Crippen LogP contribution in [0, 0.1) is 5.92 Å². The second-order valence-corrected chi connectivity index (χ2v) is 5.00. The van der Waals surface area contributed by atoms with Gasteiger partial charge in [0.1, 0.15) is 6.26 Å². The van der Waals surface area contributed by atoms with Crippen molar-refractivity contribution in [2.45, 2.75) is 45.2 Å². The summed E-state index contributed by atoms with van der Waals surface area (Å²) in [6, 6.07) is 0.274. The molecule has 0 bridgehead atoms. The molecule has 1 saturated carbocycles. The molecule has 0 radical (unpaired) electrons. The van der Waals surface area contributed by atoms with Crippen LogP contribution in [0.25, 0.3) is 0 Å². The van der Waals surface area contributed by atoms with E-state index in [-0.39, 0.29) is 11.9 Å². The van der Waals surface area contributed by atoms with E-state index in [1.807, 2.05) is 7.05 Å². The van der Waals surface area contributed by atoms with Gasteiger partial charge >= 0.3 is 0 Å².